The van der Waals surface area contributed by atoms with Gasteiger partial charge in [-0.1, -0.05) is 20.8 Å². The van der Waals surface area contributed by atoms with E-state index in [4.69, 9.17) is 18.6 Å². The minimum absolute atomic E-state index is 0.0630. The third-order valence-electron chi connectivity index (χ3n) is 4.40. The van der Waals surface area contributed by atoms with Gasteiger partial charge in [0.05, 0.1) is 0 Å². The van der Waals surface area contributed by atoms with Crippen molar-refractivity contribution in [2.75, 3.05) is 0 Å². The number of ether oxygens (including phenoxy) is 3. The van der Waals surface area contributed by atoms with E-state index in [2.05, 4.69) is 33.9 Å². The minimum Gasteiger partial charge on any atom is -0.408 e. The van der Waals surface area contributed by atoms with E-state index in [1.165, 1.54) is 0 Å². The zero-order valence-corrected chi connectivity index (χ0v) is 14.4. The van der Waals surface area contributed by atoms with Crippen molar-refractivity contribution in [3.63, 3.8) is 0 Å². The lowest BCUT2D eigenvalue weighted by Gasteiger charge is -2.39. The molecule has 0 unspecified atom stereocenters. The van der Waals surface area contributed by atoms with Crippen molar-refractivity contribution >= 4 is 14.6 Å². The van der Waals surface area contributed by atoms with Crippen LogP contribution in [0.25, 0.3) is 0 Å². The summed E-state index contributed by atoms with van der Waals surface area (Å²) in [6.07, 6.45) is -1.07. The van der Waals surface area contributed by atoms with Gasteiger partial charge in [-0.25, -0.2) is 0 Å². The molecule has 2 aliphatic rings. The molecule has 20 heavy (non-hydrogen) atoms. The molecule has 4 atom stereocenters. The molecule has 2 aliphatic heterocycles. The van der Waals surface area contributed by atoms with Gasteiger partial charge in [-0.3, -0.25) is 0 Å². The number of rotatable bonds is 3. The molecule has 0 spiro atoms. The van der Waals surface area contributed by atoms with Gasteiger partial charge in [-0.15, -0.1) is 0 Å². The highest BCUT2D eigenvalue weighted by Gasteiger charge is 2.57. The van der Waals surface area contributed by atoms with Crippen LogP contribution in [0.4, 0.5) is 0 Å². The van der Waals surface area contributed by atoms with Gasteiger partial charge in [-0.2, -0.15) is 0 Å². The van der Waals surface area contributed by atoms with Crippen LogP contribution in [0.3, 0.4) is 0 Å². The van der Waals surface area contributed by atoms with Crippen LogP contribution in [-0.4, -0.2) is 45.0 Å². The maximum Gasteiger partial charge on any atom is 0.192 e. The minimum atomic E-state index is -2.01. The predicted molar refractivity (Wildman–Crippen MR) is 76.8 cm³/mol. The van der Waals surface area contributed by atoms with Gasteiger partial charge >= 0.3 is 0 Å². The third kappa shape index (κ3) is 2.85. The van der Waals surface area contributed by atoms with E-state index in [9.17, 15) is 4.79 Å². The van der Waals surface area contributed by atoms with Crippen LogP contribution in [0.2, 0.25) is 18.1 Å². The monoisotopic (exact) mass is 302 g/mol. The fourth-order valence-corrected chi connectivity index (χ4v) is 3.57. The van der Waals surface area contributed by atoms with Crippen LogP contribution in [-0.2, 0) is 23.4 Å². The average molecular weight is 302 g/mol. The number of carbonyl (C=O) groups is 1. The smallest absolute Gasteiger partial charge is 0.192 e. The van der Waals surface area contributed by atoms with Gasteiger partial charge in [0.25, 0.3) is 0 Å². The summed E-state index contributed by atoms with van der Waals surface area (Å²) in [5.74, 6) is -0.696. The van der Waals surface area contributed by atoms with Gasteiger partial charge in [0.15, 0.2) is 26.7 Å². The molecule has 2 heterocycles. The summed E-state index contributed by atoms with van der Waals surface area (Å²) in [4.78, 5) is 11.2. The maximum atomic E-state index is 11.2. The summed E-state index contributed by atoms with van der Waals surface area (Å²) in [6.45, 7) is 14.5. The van der Waals surface area contributed by atoms with Crippen LogP contribution in [0.5, 0.6) is 0 Å². The largest absolute Gasteiger partial charge is 0.408 e. The Morgan fingerprint density at radius 3 is 2.30 bits per heavy atom. The summed E-state index contributed by atoms with van der Waals surface area (Å²) in [7, 11) is -2.01. The fraction of sp³-hybridized carbons (Fsp3) is 0.929. The Hall–Kier alpha value is -0.273. The van der Waals surface area contributed by atoms with Crippen LogP contribution in [0.1, 0.15) is 34.6 Å². The third-order valence-corrected chi connectivity index (χ3v) is 8.87. The van der Waals surface area contributed by atoms with Crippen molar-refractivity contribution in [1.29, 1.82) is 0 Å². The van der Waals surface area contributed by atoms with Crippen molar-refractivity contribution in [2.45, 2.75) is 83.1 Å². The second kappa shape index (κ2) is 4.88. The van der Waals surface area contributed by atoms with Crippen molar-refractivity contribution in [3.05, 3.63) is 0 Å². The Kier molecular flexibility index (Phi) is 3.93. The van der Waals surface area contributed by atoms with Crippen molar-refractivity contribution in [2.24, 2.45) is 0 Å². The molecule has 0 amide bonds. The van der Waals surface area contributed by atoms with E-state index in [0.29, 0.717) is 0 Å². The molecule has 0 N–H and O–H groups in total. The summed E-state index contributed by atoms with van der Waals surface area (Å²) in [6, 6.07) is 0. The first-order valence-electron chi connectivity index (χ1n) is 7.11. The summed E-state index contributed by atoms with van der Waals surface area (Å²) in [5.41, 5.74) is 0. The quantitative estimate of drug-likeness (QED) is 0.592. The van der Waals surface area contributed by atoms with Crippen molar-refractivity contribution in [1.82, 2.24) is 0 Å². The SMILES string of the molecule is CC1(C)O[C@H]2O[C@H](C=O)[C@H](O[Si](C)(C)C(C)(C)C)[C@H]2O1. The Bertz CT molecular complexity index is 388. The number of aldehydes is 1. The Morgan fingerprint density at radius 1 is 1.20 bits per heavy atom. The molecule has 116 valence electrons. The molecule has 2 fully saturated rings. The Morgan fingerprint density at radius 2 is 1.80 bits per heavy atom. The number of hydrogen-bond donors (Lipinski definition) is 0. The van der Waals surface area contributed by atoms with Gasteiger partial charge in [0.2, 0.25) is 0 Å². The fourth-order valence-electron chi connectivity index (χ4n) is 2.26. The zero-order chi connectivity index (χ0) is 15.3. The van der Waals surface area contributed by atoms with Crippen molar-refractivity contribution < 1.29 is 23.4 Å². The summed E-state index contributed by atoms with van der Waals surface area (Å²) >= 11 is 0. The lowest BCUT2D eigenvalue weighted by Crippen LogP contribution is -2.50. The first-order chi connectivity index (χ1) is 8.97. The van der Waals surface area contributed by atoms with E-state index in [-0.39, 0.29) is 17.2 Å². The lowest BCUT2D eigenvalue weighted by molar-refractivity contribution is -0.211. The first kappa shape index (κ1) is 16.1. The normalized spacial score (nSPS) is 37.0. The molecular formula is C14H26O5Si. The molecule has 0 saturated carbocycles. The molecule has 5 nitrogen and oxygen atoms in total. The second-order valence-corrected chi connectivity index (χ2v) is 12.3. The average Bonchev–Trinajstić information content (AvgIpc) is 2.70. The molecular weight excluding hydrogens is 276 g/mol. The number of hydrogen-bond acceptors (Lipinski definition) is 5. The Balaban J connectivity index is 2.18. The van der Waals surface area contributed by atoms with E-state index >= 15 is 0 Å². The molecule has 0 aromatic heterocycles. The molecule has 0 aromatic rings. The van der Waals surface area contributed by atoms with Gasteiger partial charge in [-0.05, 0) is 32.0 Å². The number of fused-ring (bicyclic) bond motifs is 1. The summed E-state index contributed by atoms with van der Waals surface area (Å²) in [5, 5.41) is 0.0630. The van der Waals surface area contributed by atoms with Crippen LogP contribution >= 0.6 is 0 Å². The molecule has 0 bridgehead atoms. The van der Waals surface area contributed by atoms with E-state index in [0.717, 1.165) is 6.29 Å². The van der Waals surface area contributed by atoms with Gasteiger partial charge in [0, 0.05) is 0 Å². The summed E-state index contributed by atoms with van der Waals surface area (Å²) < 4.78 is 23.5. The molecule has 0 aromatic carbocycles. The van der Waals surface area contributed by atoms with Crippen molar-refractivity contribution in [3.8, 4) is 0 Å². The molecule has 6 heteroatoms. The topological polar surface area (TPSA) is 54.0 Å². The number of carbonyl (C=O) groups excluding carboxylic acids is 1. The highest BCUT2D eigenvalue weighted by molar-refractivity contribution is 6.74. The predicted octanol–water partition coefficient (Wildman–Crippen LogP) is 2.45. The molecule has 2 saturated heterocycles. The maximum absolute atomic E-state index is 11.2. The first-order valence-corrected chi connectivity index (χ1v) is 10.0. The van der Waals surface area contributed by atoms with Crippen LogP contribution in [0, 0.1) is 0 Å². The van der Waals surface area contributed by atoms with Gasteiger partial charge < -0.3 is 23.4 Å². The second-order valence-electron chi connectivity index (χ2n) is 7.55. The van der Waals surface area contributed by atoms with Crippen LogP contribution in [0.15, 0.2) is 0 Å². The van der Waals surface area contributed by atoms with Gasteiger partial charge in [0.1, 0.15) is 18.3 Å². The van der Waals surface area contributed by atoms with E-state index < -0.39 is 26.5 Å². The zero-order valence-electron chi connectivity index (χ0n) is 13.4. The Labute approximate surface area is 122 Å². The van der Waals surface area contributed by atoms with E-state index in [1.807, 2.05) is 13.8 Å². The van der Waals surface area contributed by atoms with Crippen LogP contribution < -0.4 is 0 Å². The molecule has 2 rings (SSSR count). The highest BCUT2D eigenvalue weighted by Crippen LogP contribution is 2.43. The van der Waals surface area contributed by atoms with E-state index in [1.54, 1.807) is 0 Å². The highest BCUT2D eigenvalue weighted by atomic mass is 28.4. The molecule has 0 aliphatic carbocycles. The standard InChI is InChI=1S/C14H26O5Si/c1-13(2,3)20(6,7)19-10-9(8-15)16-12-11(10)17-14(4,5)18-12/h8-12H,1-7H3/t9-,10+,11-,12-/m1/s1. The lowest BCUT2D eigenvalue weighted by atomic mass is 10.1. The molecule has 0 radical (unpaired) electrons.